The number of hydrogen-bond acceptors (Lipinski definition) is 3. The topological polar surface area (TPSA) is 49.5 Å². The fourth-order valence-corrected chi connectivity index (χ4v) is 2.10. The SMILES string of the molecule is CC(C)N(CCO)c1ccc([C@H](C)N)cc1Cl. The summed E-state index contributed by atoms with van der Waals surface area (Å²) in [5.74, 6) is 0. The second-order valence-corrected chi connectivity index (χ2v) is 4.92. The van der Waals surface area contributed by atoms with Crippen molar-refractivity contribution >= 4 is 17.3 Å². The number of halogens is 1. The molecule has 0 spiro atoms. The summed E-state index contributed by atoms with van der Waals surface area (Å²) < 4.78 is 0. The molecule has 0 unspecified atom stereocenters. The van der Waals surface area contributed by atoms with E-state index in [9.17, 15) is 0 Å². The van der Waals surface area contributed by atoms with E-state index < -0.39 is 0 Å². The van der Waals surface area contributed by atoms with Gasteiger partial charge in [-0.2, -0.15) is 0 Å². The maximum atomic E-state index is 9.08. The molecule has 0 aliphatic rings. The third kappa shape index (κ3) is 3.60. The molecule has 4 heteroatoms. The number of hydrogen-bond donors (Lipinski definition) is 2. The van der Waals surface area contributed by atoms with Crippen molar-refractivity contribution in [3.05, 3.63) is 28.8 Å². The maximum Gasteiger partial charge on any atom is 0.0643 e. The van der Waals surface area contributed by atoms with Crippen molar-refractivity contribution in [1.82, 2.24) is 0 Å². The number of aliphatic hydroxyl groups excluding tert-OH is 1. The molecule has 1 aromatic rings. The Morgan fingerprint density at radius 2 is 2.00 bits per heavy atom. The molecule has 0 aliphatic carbocycles. The van der Waals surface area contributed by atoms with Crippen LogP contribution >= 0.6 is 11.6 Å². The number of anilines is 1. The molecular weight excluding hydrogens is 236 g/mol. The summed E-state index contributed by atoms with van der Waals surface area (Å²) in [5.41, 5.74) is 7.78. The normalized spacial score (nSPS) is 12.9. The molecule has 0 bridgehead atoms. The molecule has 0 aliphatic heterocycles. The fraction of sp³-hybridized carbons (Fsp3) is 0.538. The zero-order valence-corrected chi connectivity index (χ0v) is 11.4. The highest BCUT2D eigenvalue weighted by Gasteiger charge is 2.14. The van der Waals surface area contributed by atoms with Crippen molar-refractivity contribution in [2.75, 3.05) is 18.1 Å². The van der Waals surface area contributed by atoms with Crippen LogP contribution in [0.1, 0.15) is 32.4 Å². The van der Waals surface area contributed by atoms with Gasteiger partial charge in [0.2, 0.25) is 0 Å². The number of aliphatic hydroxyl groups is 1. The van der Waals surface area contributed by atoms with Gasteiger partial charge in [-0.05, 0) is 38.5 Å². The van der Waals surface area contributed by atoms with E-state index in [2.05, 4.69) is 18.7 Å². The Kier molecular flexibility index (Phi) is 5.25. The number of nitrogens with two attached hydrogens (primary N) is 1. The van der Waals surface area contributed by atoms with Gasteiger partial charge in [0, 0.05) is 18.6 Å². The molecule has 1 aromatic carbocycles. The summed E-state index contributed by atoms with van der Waals surface area (Å²) in [6, 6.07) is 6.12. The van der Waals surface area contributed by atoms with Crippen molar-refractivity contribution in [2.45, 2.75) is 32.9 Å². The third-order valence-corrected chi connectivity index (χ3v) is 3.07. The number of rotatable bonds is 5. The summed E-state index contributed by atoms with van der Waals surface area (Å²) in [4.78, 5) is 2.08. The van der Waals surface area contributed by atoms with Crippen LogP contribution in [0.25, 0.3) is 0 Å². The van der Waals surface area contributed by atoms with Gasteiger partial charge >= 0.3 is 0 Å². The number of nitrogens with zero attached hydrogens (tertiary/aromatic N) is 1. The van der Waals surface area contributed by atoms with Gasteiger partial charge in [0.1, 0.15) is 0 Å². The van der Waals surface area contributed by atoms with E-state index in [1.165, 1.54) is 0 Å². The molecule has 96 valence electrons. The Hall–Kier alpha value is -0.770. The molecule has 0 radical (unpaired) electrons. The molecule has 1 rings (SSSR count). The Balaban J connectivity index is 3.04. The molecule has 17 heavy (non-hydrogen) atoms. The first kappa shape index (κ1) is 14.3. The zero-order valence-electron chi connectivity index (χ0n) is 10.7. The molecule has 0 aromatic heterocycles. The van der Waals surface area contributed by atoms with E-state index in [0.29, 0.717) is 17.6 Å². The fourth-order valence-electron chi connectivity index (χ4n) is 1.80. The Labute approximate surface area is 108 Å². The van der Waals surface area contributed by atoms with E-state index >= 15 is 0 Å². The van der Waals surface area contributed by atoms with Crippen molar-refractivity contribution in [3.8, 4) is 0 Å². The van der Waals surface area contributed by atoms with Crippen LogP contribution in [-0.2, 0) is 0 Å². The lowest BCUT2D eigenvalue weighted by Crippen LogP contribution is -2.33. The minimum atomic E-state index is -0.0214. The number of benzene rings is 1. The van der Waals surface area contributed by atoms with Crippen molar-refractivity contribution in [3.63, 3.8) is 0 Å². The highest BCUT2D eigenvalue weighted by molar-refractivity contribution is 6.33. The molecule has 0 heterocycles. The minimum absolute atomic E-state index is 0.0214. The van der Waals surface area contributed by atoms with Crippen LogP contribution in [0.3, 0.4) is 0 Å². The van der Waals surface area contributed by atoms with E-state index in [4.69, 9.17) is 22.4 Å². The quantitative estimate of drug-likeness (QED) is 0.851. The van der Waals surface area contributed by atoms with Gasteiger partial charge in [-0.25, -0.2) is 0 Å². The second kappa shape index (κ2) is 6.24. The highest BCUT2D eigenvalue weighted by atomic mass is 35.5. The molecule has 0 saturated heterocycles. The van der Waals surface area contributed by atoms with Gasteiger partial charge in [-0.1, -0.05) is 17.7 Å². The Bertz CT molecular complexity index is 366. The van der Waals surface area contributed by atoms with Crippen LogP contribution < -0.4 is 10.6 Å². The van der Waals surface area contributed by atoms with Crippen molar-refractivity contribution in [2.24, 2.45) is 5.73 Å². The minimum Gasteiger partial charge on any atom is -0.395 e. The van der Waals surface area contributed by atoms with Gasteiger partial charge < -0.3 is 15.7 Å². The van der Waals surface area contributed by atoms with Gasteiger partial charge in [-0.3, -0.25) is 0 Å². The first-order valence-electron chi connectivity index (χ1n) is 5.90. The van der Waals surface area contributed by atoms with Gasteiger partial charge in [0.25, 0.3) is 0 Å². The van der Waals surface area contributed by atoms with Gasteiger partial charge in [0.05, 0.1) is 17.3 Å². The smallest absolute Gasteiger partial charge is 0.0643 e. The lowest BCUT2D eigenvalue weighted by atomic mass is 10.1. The molecular formula is C13H21ClN2O. The molecule has 1 atom stereocenters. The van der Waals surface area contributed by atoms with Gasteiger partial charge in [-0.15, -0.1) is 0 Å². The van der Waals surface area contributed by atoms with Crippen LogP contribution in [0.15, 0.2) is 18.2 Å². The second-order valence-electron chi connectivity index (χ2n) is 4.51. The van der Waals surface area contributed by atoms with Crippen LogP contribution in [0.2, 0.25) is 5.02 Å². The van der Waals surface area contributed by atoms with Crippen molar-refractivity contribution < 1.29 is 5.11 Å². The lowest BCUT2D eigenvalue weighted by molar-refractivity contribution is 0.299. The summed E-state index contributed by atoms with van der Waals surface area (Å²) in [5, 5.41) is 9.76. The van der Waals surface area contributed by atoms with E-state index in [0.717, 1.165) is 11.3 Å². The third-order valence-electron chi connectivity index (χ3n) is 2.77. The largest absolute Gasteiger partial charge is 0.395 e. The lowest BCUT2D eigenvalue weighted by Gasteiger charge is -2.29. The average molecular weight is 257 g/mol. The zero-order chi connectivity index (χ0) is 13.0. The predicted octanol–water partition coefficient (Wildman–Crippen LogP) is 2.57. The molecule has 3 nitrogen and oxygen atoms in total. The summed E-state index contributed by atoms with van der Waals surface area (Å²) in [7, 11) is 0. The molecule has 0 saturated carbocycles. The first-order chi connectivity index (χ1) is 7.97. The maximum absolute atomic E-state index is 9.08. The molecule has 3 N–H and O–H groups in total. The average Bonchev–Trinajstić information content (AvgIpc) is 2.26. The van der Waals surface area contributed by atoms with Crippen LogP contribution in [0.5, 0.6) is 0 Å². The summed E-state index contributed by atoms with van der Waals surface area (Å²) in [6.45, 7) is 6.77. The predicted molar refractivity (Wildman–Crippen MR) is 73.6 cm³/mol. The van der Waals surface area contributed by atoms with Crippen LogP contribution in [-0.4, -0.2) is 24.3 Å². The van der Waals surface area contributed by atoms with Crippen LogP contribution in [0, 0.1) is 0 Å². The summed E-state index contributed by atoms with van der Waals surface area (Å²) in [6.07, 6.45) is 0. The van der Waals surface area contributed by atoms with Gasteiger partial charge in [0.15, 0.2) is 0 Å². The Morgan fingerprint density at radius 1 is 1.35 bits per heavy atom. The van der Waals surface area contributed by atoms with E-state index in [1.807, 2.05) is 25.1 Å². The van der Waals surface area contributed by atoms with E-state index in [-0.39, 0.29) is 12.6 Å². The summed E-state index contributed by atoms with van der Waals surface area (Å²) >= 11 is 6.27. The highest BCUT2D eigenvalue weighted by Crippen LogP contribution is 2.29. The monoisotopic (exact) mass is 256 g/mol. The Morgan fingerprint density at radius 3 is 2.41 bits per heavy atom. The van der Waals surface area contributed by atoms with Crippen molar-refractivity contribution in [1.29, 1.82) is 0 Å². The molecule has 0 fully saturated rings. The molecule has 0 amide bonds. The van der Waals surface area contributed by atoms with Crippen LogP contribution in [0.4, 0.5) is 5.69 Å². The van der Waals surface area contributed by atoms with E-state index in [1.54, 1.807) is 0 Å². The first-order valence-corrected chi connectivity index (χ1v) is 6.27. The standard InChI is InChI=1S/C13H21ClN2O/c1-9(2)16(6-7-17)13-5-4-11(10(3)15)8-12(13)14/h4-5,8-10,17H,6-7,15H2,1-3H3/t10-/m0/s1.